The molecule has 1 fully saturated rings. The Morgan fingerprint density at radius 1 is 1.27 bits per heavy atom. The van der Waals surface area contributed by atoms with Crippen LogP contribution in [-0.2, 0) is 24.2 Å². The van der Waals surface area contributed by atoms with E-state index in [1.165, 1.54) is 4.88 Å². The van der Waals surface area contributed by atoms with Gasteiger partial charge in [0, 0.05) is 37.0 Å². The molecule has 1 amide bonds. The van der Waals surface area contributed by atoms with Crippen LogP contribution in [0, 0.1) is 6.92 Å². The van der Waals surface area contributed by atoms with Gasteiger partial charge in [0.2, 0.25) is 0 Å². The molecule has 1 N–H and O–H groups in total. The van der Waals surface area contributed by atoms with Crippen LogP contribution in [0.3, 0.4) is 0 Å². The fourth-order valence-corrected chi connectivity index (χ4v) is 4.37. The highest BCUT2D eigenvalue weighted by Crippen LogP contribution is 2.18. The van der Waals surface area contributed by atoms with Gasteiger partial charge in [-0.05, 0) is 31.9 Å². The lowest BCUT2D eigenvalue weighted by Gasteiger charge is -2.32. The van der Waals surface area contributed by atoms with Gasteiger partial charge in [-0.25, -0.2) is 0 Å². The van der Waals surface area contributed by atoms with E-state index in [1.54, 1.807) is 11.3 Å². The number of piperidine rings is 1. The number of thiophene rings is 1. The predicted octanol–water partition coefficient (Wildman–Crippen LogP) is 1.62. The van der Waals surface area contributed by atoms with Gasteiger partial charge in [-0.2, -0.15) is 0 Å². The number of nitrogens with one attached hydrogen (secondary N) is 1. The van der Waals surface area contributed by atoms with Gasteiger partial charge >= 0.3 is 0 Å². The maximum absolute atomic E-state index is 12.3. The Morgan fingerprint density at radius 2 is 2.12 bits per heavy atom. The monoisotopic (exact) mass is 375 g/mol. The third-order valence-corrected chi connectivity index (χ3v) is 6.08. The Morgan fingerprint density at radius 3 is 2.88 bits per heavy atom. The normalized spacial score (nSPS) is 19.1. The number of ether oxygens (including phenoxy) is 1. The molecule has 26 heavy (non-hydrogen) atoms. The van der Waals surface area contributed by atoms with Crippen LogP contribution in [0.4, 0.5) is 0 Å². The fraction of sp³-hybridized carbons (Fsp3) is 0.611. The number of carbonyl (C=O) groups excluding carboxylic acids is 1. The van der Waals surface area contributed by atoms with Crippen LogP contribution >= 0.6 is 11.3 Å². The topological polar surface area (TPSA) is 72.3 Å². The second kappa shape index (κ2) is 7.85. The lowest BCUT2D eigenvalue weighted by molar-refractivity contribution is 0.0911. The number of amides is 1. The van der Waals surface area contributed by atoms with Crippen molar-refractivity contribution in [2.75, 3.05) is 26.3 Å². The second-order valence-corrected chi connectivity index (χ2v) is 8.27. The second-order valence-electron chi connectivity index (χ2n) is 6.98. The molecule has 4 rings (SSSR count). The minimum Gasteiger partial charge on any atom is -0.379 e. The van der Waals surface area contributed by atoms with E-state index in [2.05, 4.69) is 25.0 Å². The van der Waals surface area contributed by atoms with Crippen LogP contribution in [0.1, 0.15) is 39.0 Å². The standard InChI is InChI=1S/C18H25N5O2S/c1-13-2-3-15(26-13)18(24)19-14-4-7-22(8-5-14)12-17-21-20-16-6-10-25-11-9-23(16)17/h2-3,14H,4-12H2,1H3,(H,19,24). The maximum atomic E-state index is 12.3. The molecule has 4 heterocycles. The first-order chi connectivity index (χ1) is 12.7. The summed E-state index contributed by atoms with van der Waals surface area (Å²) in [5.41, 5.74) is 0. The lowest BCUT2D eigenvalue weighted by Crippen LogP contribution is -2.44. The van der Waals surface area contributed by atoms with Crippen LogP contribution in [0.5, 0.6) is 0 Å². The largest absolute Gasteiger partial charge is 0.379 e. The number of likely N-dealkylation sites (tertiary alicyclic amines) is 1. The SMILES string of the molecule is Cc1ccc(C(=O)NC2CCN(Cc3nnc4n3CCOCC4)CC2)s1. The molecule has 8 heteroatoms. The van der Waals surface area contributed by atoms with Gasteiger partial charge in [0.15, 0.2) is 0 Å². The van der Waals surface area contributed by atoms with Crippen molar-refractivity contribution in [1.29, 1.82) is 0 Å². The molecule has 0 atom stereocenters. The van der Waals surface area contributed by atoms with Crippen molar-refractivity contribution in [3.63, 3.8) is 0 Å². The highest BCUT2D eigenvalue weighted by Gasteiger charge is 2.24. The number of nitrogens with zero attached hydrogens (tertiary/aromatic N) is 4. The Labute approximate surface area is 157 Å². The van der Waals surface area contributed by atoms with E-state index in [4.69, 9.17) is 4.74 Å². The number of fused-ring (bicyclic) bond motifs is 1. The Bertz CT molecular complexity index is 763. The lowest BCUT2D eigenvalue weighted by atomic mass is 10.0. The predicted molar refractivity (Wildman–Crippen MR) is 99.4 cm³/mol. The summed E-state index contributed by atoms with van der Waals surface area (Å²) >= 11 is 1.55. The van der Waals surface area contributed by atoms with Crippen molar-refractivity contribution in [2.24, 2.45) is 0 Å². The molecule has 0 radical (unpaired) electrons. The van der Waals surface area contributed by atoms with Gasteiger partial charge in [-0.1, -0.05) is 0 Å². The van der Waals surface area contributed by atoms with Crippen LogP contribution < -0.4 is 5.32 Å². The molecule has 0 aliphatic carbocycles. The van der Waals surface area contributed by atoms with Crippen molar-refractivity contribution in [1.82, 2.24) is 25.0 Å². The average Bonchev–Trinajstić information content (AvgIpc) is 3.16. The van der Waals surface area contributed by atoms with E-state index in [0.29, 0.717) is 0 Å². The molecule has 7 nitrogen and oxygen atoms in total. The van der Waals surface area contributed by atoms with E-state index in [1.807, 2.05) is 19.1 Å². The zero-order chi connectivity index (χ0) is 17.9. The summed E-state index contributed by atoms with van der Waals surface area (Å²) in [6, 6.07) is 4.16. The molecular formula is C18H25N5O2S. The van der Waals surface area contributed by atoms with E-state index in [0.717, 1.165) is 75.2 Å². The van der Waals surface area contributed by atoms with Gasteiger partial charge in [-0.3, -0.25) is 9.69 Å². The maximum Gasteiger partial charge on any atom is 0.261 e. The minimum atomic E-state index is 0.0596. The summed E-state index contributed by atoms with van der Waals surface area (Å²) < 4.78 is 7.74. The zero-order valence-corrected chi connectivity index (χ0v) is 15.9. The summed E-state index contributed by atoms with van der Waals surface area (Å²) in [7, 11) is 0. The molecule has 0 saturated carbocycles. The fourth-order valence-electron chi connectivity index (χ4n) is 3.60. The molecule has 2 aliphatic rings. The molecule has 2 aromatic heterocycles. The van der Waals surface area contributed by atoms with Gasteiger partial charge in [0.05, 0.1) is 24.6 Å². The van der Waals surface area contributed by atoms with Crippen molar-refractivity contribution in [2.45, 2.75) is 45.3 Å². The highest BCUT2D eigenvalue weighted by atomic mass is 32.1. The first-order valence-electron chi connectivity index (χ1n) is 9.27. The molecule has 140 valence electrons. The van der Waals surface area contributed by atoms with Gasteiger partial charge < -0.3 is 14.6 Å². The van der Waals surface area contributed by atoms with Crippen molar-refractivity contribution in [3.8, 4) is 0 Å². The number of aryl methyl sites for hydroxylation is 1. The van der Waals surface area contributed by atoms with Gasteiger partial charge in [-0.15, -0.1) is 21.5 Å². The number of hydrogen-bond acceptors (Lipinski definition) is 6. The van der Waals surface area contributed by atoms with Gasteiger partial charge in [0.1, 0.15) is 11.6 Å². The van der Waals surface area contributed by atoms with E-state index < -0.39 is 0 Å². The van der Waals surface area contributed by atoms with Crippen LogP contribution in [0.15, 0.2) is 12.1 Å². The van der Waals surface area contributed by atoms with E-state index in [-0.39, 0.29) is 11.9 Å². The summed E-state index contributed by atoms with van der Waals surface area (Å²) in [6.45, 7) is 7.07. The smallest absolute Gasteiger partial charge is 0.261 e. The quantitative estimate of drug-likeness (QED) is 0.879. The average molecular weight is 375 g/mol. The summed E-state index contributed by atoms with van der Waals surface area (Å²) in [5, 5.41) is 11.9. The Kier molecular flexibility index (Phi) is 5.33. The number of hydrogen-bond donors (Lipinski definition) is 1. The zero-order valence-electron chi connectivity index (χ0n) is 15.1. The summed E-state index contributed by atoms with van der Waals surface area (Å²) in [5.74, 6) is 2.12. The van der Waals surface area contributed by atoms with Crippen molar-refractivity contribution in [3.05, 3.63) is 33.5 Å². The molecule has 0 aromatic carbocycles. The summed E-state index contributed by atoms with van der Waals surface area (Å²) in [6.07, 6.45) is 2.78. The number of rotatable bonds is 4. The van der Waals surface area contributed by atoms with Crippen LogP contribution in [0.25, 0.3) is 0 Å². The minimum absolute atomic E-state index is 0.0596. The molecule has 1 saturated heterocycles. The first-order valence-corrected chi connectivity index (χ1v) is 10.1. The van der Waals surface area contributed by atoms with E-state index in [9.17, 15) is 4.79 Å². The first kappa shape index (κ1) is 17.6. The molecule has 0 bridgehead atoms. The molecule has 0 unspecified atom stereocenters. The van der Waals surface area contributed by atoms with Crippen LogP contribution in [-0.4, -0.2) is 57.9 Å². The van der Waals surface area contributed by atoms with Crippen molar-refractivity contribution < 1.29 is 9.53 Å². The molecule has 0 spiro atoms. The molecule has 2 aliphatic heterocycles. The number of carbonyl (C=O) groups is 1. The molecular weight excluding hydrogens is 350 g/mol. The summed E-state index contributed by atoms with van der Waals surface area (Å²) in [4.78, 5) is 16.7. The Balaban J connectivity index is 1.29. The molecule has 2 aromatic rings. The third-order valence-electron chi connectivity index (χ3n) is 5.09. The third kappa shape index (κ3) is 3.97. The van der Waals surface area contributed by atoms with Crippen LogP contribution in [0.2, 0.25) is 0 Å². The Hall–Kier alpha value is -1.77. The highest BCUT2D eigenvalue weighted by molar-refractivity contribution is 7.13. The number of aromatic nitrogens is 3. The van der Waals surface area contributed by atoms with Gasteiger partial charge in [0.25, 0.3) is 5.91 Å². The van der Waals surface area contributed by atoms with Crippen molar-refractivity contribution >= 4 is 17.2 Å². The van der Waals surface area contributed by atoms with E-state index >= 15 is 0 Å².